The van der Waals surface area contributed by atoms with Gasteiger partial charge in [0.25, 0.3) is 5.56 Å². The van der Waals surface area contributed by atoms with Crippen molar-refractivity contribution in [3.63, 3.8) is 0 Å². The molecule has 0 atom stereocenters. The van der Waals surface area contributed by atoms with Gasteiger partial charge in [0, 0.05) is 19.2 Å². The second kappa shape index (κ2) is 5.38. The average molecular weight is 261 g/mol. The number of hydrogen-bond acceptors (Lipinski definition) is 5. The predicted molar refractivity (Wildman–Crippen MR) is 68.6 cm³/mol. The van der Waals surface area contributed by atoms with Gasteiger partial charge in [-0.1, -0.05) is 0 Å². The van der Waals surface area contributed by atoms with Gasteiger partial charge in [0.15, 0.2) is 5.76 Å². The van der Waals surface area contributed by atoms with E-state index in [2.05, 4.69) is 10.00 Å². The molecule has 2 aromatic rings. The molecule has 0 amide bonds. The molecule has 19 heavy (non-hydrogen) atoms. The fourth-order valence-electron chi connectivity index (χ4n) is 2.04. The molecule has 100 valence electrons. The first-order valence-electron chi connectivity index (χ1n) is 6.25. The van der Waals surface area contributed by atoms with Gasteiger partial charge in [-0.05, 0) is 18.2 Å². The molecule has 1 aliphatic rings. The molecule has 0 spiro atoms. The highest BCUT2D eigenvalue weighted by Gasteiger charge is 2.12. The van der Waals surface area contributed by atoms with E-state index in [9.17, 15) is 4.79 Å². The minimum Gasteiger partial charge on any atom is -0.463 e. The van der Waals surface area contributed by atoms with Crippen LogP contribution in [0.25, 0.3) is 11.5 Å². The van der Waals surface area contributed by atoms with Crippen LogP contribution < -0.4 is 5.56 Å². The van der Waals surface area contributed by atoms with E-state index in [4.69, 9.17) is 9.15 Å². The molecule has 2 aromatic heterocycles. The zero-order valence-electron chi connectivity index (χ0n) is 10.5. The van der Waals surface area contributed by atoms with Crippen molar-refractivity contribution in [1.82, 2.24) is 14.7 Å². The van der Waals surface area contributed by atoms with E-state index in [1.807, 2.05) is 6.07 Å². The first-order valence-corrected chi connectivity index (χ1v) is 6.25. The molecule has 1 fully saturated rings. The lowest BCUT2D eigenvalue weighted by molar-refractivity contribution is 0.0204. The molecule has 3 heterocycles. The Kier molecular flexibility index (Phi) is 3.43. The number of rotatable bonds is 3. The number of ether oxygens (including phenoxy) is 1. The number of hydrogen-bond donors (Lipinski definition) is 0. The lowest BCUT2D eigenvalue weighted by Gasteiger charge is -2.26. The third kappa shape index (κ3) is 2.74. The summed E-state index contributed by atoms with van der Waals surface area (Å²) in [5.41, 5.74) is 0.555. The average Bonchev–Trinajstić information content (AvgIpc) is 2.96. The number of nitrogens with zero attached hydrogens (tertiary/aromatic N) is 3. The van der Waals surface area contributed by atoms with Gasteiger partial charge in [-0.15, -0.1) is 0 Å². The molecule has 0 saturated carbocycles. The standard InChI is InChI=1S/C13H15N3O3/c17-13-4-3-11(12-2-1-7-19-12)14-16(13)10-15-5-8-18-9-6-15/h1-4,7H,5-6,8-10H2. The van der Waals surface area contributed by atoms with Gasteiger partial charge in [-0.3, -0.25) is 9.69 Å². The molecular weight excluding hydrogens is 246 g/mol. The van der Waals surface area contributed by atoms with Crippen LogP contribution in [-0.2, 0) is 11.4 Å². The summed E-state index contributed by atoms with van der Waals surface area (Å²) in [7, 11) is 0. The van der Waals surface area contributed by atoms with E-state index in [1.165, 1.54) is 10.7 Å². The minimum atomic E-state index is -0.109. The summed E-state index contributed by atoms with van der Waals surface area (Å²) in [5, 5.41) is 4.34. The molecule has 6 nitrogen and oxygen atoms in total. The Morgan fingerprint density at radius 3 is 2.79 bits per heavy atom. The summed E-state index contributed by atoms with van der Waals surface area (Å²) in [6, 6.07) is 6.82. The summed E-state index contributed by atoms with van der Waals surface area (Å²) in [6.07, 6.45) is 1.59. The van der Waals surface area contributed by atoms with Gasteiger partial charge in [0.05, 0.1) is 26.1 Å². The van der Waals surface area contributed by atoms with Crippen LogP contribution in [0.3, 0.4) is 0 Å². The predicted octanol–water partition coefficient (Wildman–Crippen LogP) is 0.793. The van der Waals surface area contributed by atoms with Crippen molar-refractivity contribution < 1.29 is 9.15 Å². The Balaban J connectivity index is 1.84. The van der Waals surface area contributed by atoms with Crippen LogP contribution in [0.5, 0.6) is 0 Å². The molecule has 1 saturated heterocycles. The maximum Gasteiger partial charge on any atom is 0.268 e. The van der Waals surface area contributed by atoms with E-state index in [-0.39, 0.29) is 5.56 Å². The number of furan rings is 1. The van der Waals surface area contributed by atoms with Crippen LogP contribution in [0, 0.1) is 0 Å². The summed E-state index contributed by atoms with van der Waals surface area (Å²) in [5.74, 6) is 0.663. The number of aromatic nitrogens is 2. The molecule has 1 aliphatic heterocycles. The van der Waals surface area contributed by atoms with Crippen molar-refractivity contribution in [3.05, 3.63) is 40.9 Å². The molecular formula is C13H15N3O3. The SMILES string of the molecule is O=c1ccc(-c2ccco2)nn1CN1CCOCC1. The normalized spacial score (nSPS) is 16.6. The van der Waals surface area contributed by atoms with Gasteiger partial charge in [-0.25, -0.2) is 4.68 Å². The highest BCUT2D eigenvalue weighted by Crippen LogP contribution is 2.15. The quantitative estimate of drug-likeness (QED) is 0.817. The largest absolute Gasteiger partial charge is 0.463 e. The lowest BCUT2D eigenvalue weighted by atomic mass is 10.3. The highest BCUT2D eigenvalue weighted by molar-refractivity contribution is 5.50. The lowest BCUT2D eigenvalue weighted by Crippen LogP contribution is -2.40. The Bertz CT molecular complexity index is 585. The van der Waals surface area contributed by atoms with E-state index in [1.54, 1.807) is 18.4 Å². The molecule has 3 rings (SSSR count). The fraction of sp³-hybridized carbons (Fsp3) is 0.385. The zero-order chi connectivity index (χ0) is 13.1. The third-order valence-electron chi connectivity index (χ3n) is 3.08. The molecule has 0 radical (unpaired) electrons. The number of morpholine rings is 1. The van der Waals surface area contributed by atoms with E-state index in [0.29, 0.717) is 31.3 Å². The van der Waals surface area contributed by atoms with Gasteiger partial charge in [0.2, 0.25) is 0 Å². The van der Waals surface area contributed by atoms with Crippen LogP contribution in [0.1, 0.15) is 0 Å². The van der Waals surface area contributed by atoms with E-state index in [0.717, 1.165) is 13.1 Å². The van der Waals surface area contributed by atoms with Crippen LogP contribution in [0.15, 0.2) is 39.7 Å². The van der Waals surface area contributed by atoms with E-state index >= 15 is 0 Å². The highest BCUT2D eigenvalue weighted by atomic mass is 16.5. The topological polar surface area (TPSA) is 60.5 Å². The van der Waals surface area contributed by atoms with E-state index < -0.39 is 0 Å². The van der Waals surface area contributed by atoms with Crippen molar-refractivity contribution in [2.45, 2.75) is 6.67 Å². The Morgan fingerprint density at radius 1 is 1.21 bits per heavy atom. The molecule has 0 unspecified atom stereocenters. The van der Waals surface area contributed by atoms with Crippen LogP contribution in [0.4, 0.5) is 0 Å². The summed E-state index contributed by atoms with van der Waals surface area (Å²) in [6.45, 7) is 3.52. The Morgan fingerprint density at radius 2 is 2.05 bits per heavy atom. The summed E-state index contributed by atoms with van der Waals surface area (Å²) in [4.78, 5) is 14.0. The maximum absolute atomic E-state index is 11.8. The molecule has 0 bridgehead atoms. The van der Waals surface area contributed by atoms with Crippen molar-refractivity contribution in [3.8, 4) is 11.5 Å². The molecule has 0 N–H and O–H groups in total. The molecule has 6 heteroatoms. The monoisotopic (exact) mass is 261 g/mol. The third-order valence-corrected chi connectivity index (χ3v) is 3.08. The van der Waals surface area contributed by atoms with Crippen LogP contribution in [-0.4, -0.2) is 41.0 Å². The summed E-state index contributed by atoms with van der Waals surface area (Å²) >= 11 is 0. The van der Waals surface area contributed by atoms with Crippen molar-refractivity contribution >= 4 is 0 Å². The second-order valence-electron chi connectivity index (χ2n) is 4.41. The smallest absolute Gasteiger partial charge is 0.268 e. The Labute approximate surface area is 110 Å². The molecule has 0 aromatic carbocycles. The van der Waals surface area contributed by atoms with Gasteiger partial charge in [-0.2, -0.15) is 5.10 Å². The van der Waals surface area contributed by atoms with Crippen molar-refractivity contribution in [2.24, 2.45) is 0 Å². The van der Waals surface area contributed by atoms with Crippen LogP contribution in [0.2, 0.25) is 0 Å². The van der Waals surface area contributed by atoms with Crippen molar-refractivity contribution in [2.75, 3.05) is 26.3 Å². The van der Waals surface area contributed by atoms with Gasteiger partial charge >= 0.3 is 0 Å². The van der Waals surface area contributed by atoms with Crippen molar-refractivity contribution in [1.29, 1.82) is 0 Å². The zero-order valence-corrected chi connectivity index (χ0v) is 10.5. The van der Waals surface area contributed by atoms with Crippen LogP contribution >= 0.6 is 0 Å². The maximum atomic E-state index is 11.8. The fourth-order valence-corrected chi connectivity index (χ4v) is 2.04. The van der Waals surface area contributed by atoms with Gasteiger partial charge in [0.1, 0.15) is 5.69 Å². The second-order valence-corrected chi connectivity index (χ2v) is 4.41. The Hall–Kier alpha value is -1.92. The minimum absolute atomic E-state index is 0.109. The first-order chi connectivity index (χ1) is 9.33. The van der Waals surface area contributed by atoms with Gasteiger partial charge < -0.3 is 9.15 Å². The summed E-state index contributed by atoms with van der Waals surface area (Å²) < 4.78 is 12.0. The molecule has 0 aliphatic carbocycles. The first kappa shape index (κ1) is 12.1.